The Bertz CT molecular complexity index is 694. The minimum atomic E-state index is -1.49. The van der Waals surface area contributed by atoms with Crippen molar-refractivity contribution in [3.8, 4) is 11.5 Å². The number of rotatable bonds is 3. The van der Waals surface area contributed by atoms with Crippen molar-refractivity contribution in [3.05, 3.63) is 62.4 Å². The molecule has 0 heterocycles. The van der Waals surface area contributed by atoms with E-state index in [4.69, 9.17) is 4.74 Å². The Hall–Kier alpha value is -2.09. The molecule has 0 saturated heterocycles. The van der Waals surface area contributed by atoms with Crippen molar-refractivity contribution < 1.29 is 22.8 Å². The third-order valence-electron chi connectivity index (χ3n) is 2.34. The Morgan fingerprint density at radius 3 is 2.35 bits per heavy atom. The van der Waals surface area contributed by atoms with E-state index in [9.17, 15) is 23.3 Å². The van der Waals surface area contributed by atoms with Crippen molar-refractivity contribution in [2.45, 2.75) is 0 Å². The third kappa shape index (κ3) is 2.74. The van der Waals surface area contributed by atoms with Gasteiger partial charge in [0.05, 0.1) is 9.40 Å². The molecule has 0 atom stereocenters. The SMILES string of the molecule is O=[N+]([O-])c1ccc(F)c(F)c1Oc1ccc(F)c(Br)c1. The van der Waals surface area contributed by atoms with Gasteiger partial charge in [-0.1, -0.05) is 0 Å². The Labute approximate surface area is 119 Å². The van der Waals surface area contributed by atoms with E-state index >= 15 is 0 Å². The fourth-order valence-electron chi connectivity index (χ4n) is 1.42. The van der Waals surface area contributed by atoms with Crippen molar-refractivity contribution >= 4 is 21.6 Å². The van der Waals surface area contributed by atoms with Crippen LogP contribution >= 0.6 is 15.9 Å². The quantitative estimate of drug-likeness (QED) is 0.603. The Morgan fingerprint density at radius 1 is 1.10 bits per heavy atom. The molecule has 2 aromatic carbocycles. The van der Waals surface area contributed by atoms with Gasteiger partial charge in [0, 0.05) is 6.07 Å². The average Bonchev–Trinajstić information content (AvgIpc) is 2.39. The predicted molar refractivity (Wildman–Crippen MR) is 67.2 cm³/mol. The molecule has 20 heavy (non-hydrogen) atoms. The lowest BCUT2D eigenvalue weighted by Crippen LogP contribution is -1.98. The van der Waals surface area contributed by atoms with Crippen LogP contribution in [0.2, 0.25) is 0 Å². The molecule has 2 aromatic rings. The smallest absolute Gasteiger partial charge is 0.314 e. The lowest BCUT2D eigenvalue weighted by Gasteiger charge is -2.08. The number of hydrogen-bond acceptors (Lipinski definition) is 3. The highest BCUT2D eigenvalue weighted by molar-refractivity contribution is 9.10. The second-order valence-corrected chi connectivity index (χ2v) is 4.50. The van der Waals surface area contributed by atoms with Gasteiger partial charge in [-0.05, 0) is 40.2 Å². The maximum Gasteiger partial charge on any atom is 0.314 e. The normalized spacial score (nSPS) is 10.4. The molecule has 0 unspecified atom stereocenters. The Balaban J connectivity index is 2.49. The van der Waals surface area contributed by atoms with E-state index in [1.165, 1.54) is 0 Å². The van der Waals surface area contributed by atoms with Gasteiger partial charge in [0.1, 0.15) is 11.6 Å². The van der Waals surface area contributed by atoms with Crippen LogP contribution < -0.4 is 4.74 Å². The van der Waals surface area contributed by atoms with Crippen LogP contribution in [0.4, 0.5) is 18.9 Å². The number of ether oxygens (including phenoxy) is 1. The van der Waals surface area contributed by atoms with Crippen LogP contribution in [0.15, 0.2) is 34.8 Å². The van der Waals surface area contributed by atoms with E-state index in [2.05, 4.69) is 15.9 Å². The zero-order valence-corrected chi connectivity index (χ0v) is 11.2. The number of nitro benzene ring substituents is 1. The first-order valence-corrected chi connectivity index (χ1v) is 5.94. The molecule has 2 rings (SSSR count). The van der Waals surface area contributed by atoms with Crippen molar-refractivity contribution in [3.63, 3.8) is 0 Å². The molecular formula is C12H5BrF3NO3. The summed E-state index contributed by atoms with van der Waals surface area (Å²) < 4.78 is 44.8. The van der Waals surface area contributed by atoms with E-state index in [1.54, 1.807) is 0 Å². The predicted octanol–water partition coefficient (Wildman–Crippen LogP) is 4.57. The third-order valence-corrected chi connectivity index (χ3v) is 2.94. The summed E-state index contributed by atoms with van der Waals surface area (Å²) in [4.78, 5) is 9.86. The second kappa shape index (κ2) is 5.49. The molecule has 104 valence electrons. The van der Waals surface area contributed by atoms with Crippen LogP contribution in [-0.2, 0) is 0 Å². The first-order chi connectivity index (χ1) is 9.40. The summed E-state index contributed by atoms with van der Waals surface area (Å²) in [5.41, 5.74) is -0.732. The van der Waals surface area contributed by atoms with Gasteiger partial charge in [0.25, 0.3) is 0 Å². The maximum absolute atomic E-state index is 13.6. The molecule has 0 saturated carbocycles. The molecule has 0 aliphatic carbocycles. The van der Waals surface area contributed by atoms with Crippen LogP contribution in [0.5, 0.6) is 11.5 Å². The van der Waals surface area contributed by atoms with Crippen molar-refractivity contribution in [1.82, 2.24) is 0 Å². The fraction of sp³-hybridized carbons (Fsp3) is 0. The number of nitro groups is 1. The van der Waals surface area contributed by atoms with Crippen LogP contribution in [0.1, 0.15) is 0 Å². The van der Waals surface area contributed by atoms with E-state index < -0.39 is 33.8 Å². The van der Waals surface area contributed by atoms with Crippen molar-refractivity contribution in [1.29, 1.82) is 0 Å². The standard InChI is InChI=1S/C12H5BrF3NO3/c13-7-5-6(1-2-8(7)14)20-12-10(17(18)19)4-3-9(15)11(12)16/h1-5H. The van der Waals surface area contributed by atoms with Gasteiger partial charge in [-0.15, -0.1) is 0 Å². The van der Waals surface area contributed by atoms with Gasteiger partial charge >= 0.3 is 5.69 Å². The highest BCUT2D eigenvalue weighted by atomic mass is 79.9. The van der Waals surface area contributed by atoms with Gasteiger partial charge in [-0.3, -0.25) is 10.1 Å². The zero-order valence-electron chi connectivity index (χ0n) is 9.57. The van der Waals surface area contributed by atoms with Crippen LogP contribution in [-0.4, -0.2) is 4.92 Å². The summed E-state index contributed by atoms with van der Waals surface area (Å²) in [5.74, 6) is -4.31. The summed E-state index contributed by atoms with van der Waals surface area (Å²) in [6, 6.07) is 4.70. The topological polar surface area (TPSA) is 52.4 Å². The van der Waals surface area contributed by atoms with Crippen LogP contribution in [0.25, 0.3) is 0 Å². The fourth-order valence-corrected chi connectivity index (χ4v) is 1.78. The zero-order chi connectivity index (χ0) is 14.9. The number of nitrogens with zero attached hydrogens (tertiary/aromatic N) is 1. The molecule has 8 heteroatoms. The van der Waals surface area contributed by atoms with Gasteiger partial charge in [0.15, 0.2) is 5.82 Å². The van der Waals surface area contributed by atoms with E-state index in [1.807, 2.05) is 0 Å². The maximum atomic E-state index is 13.6. The first kappa shape index (κ1) is 14.3. The first-order valence-electron chi connectivity index (χ1n) is 5.15. The molecule has 4 nitrogen and oxygen atoms in total. The molecule has 0 fully saturated rings. The summed E-state index contributed by atoms with van der Waals surface area (Å²) in [6.07, 6.45) is 0. The van der Waals surface area contributed by atoms with Gasteiger partial charge in [-0.25, -0.2) is 8.78 Å². The Kier molecular flexibility index (Phi) is 3.93. The van der Waals surface area contributed by atoms with Gasteiger partial charge < -0.3 is 4.74 Å². The molecule has 0 N–H and O–H groups in total. The average molecular weight is 348 g/mol. The summed E-state index contributed by atoms with van der Waals surface area (Å²) in [5, 5.41) is 10.8. The van der Waals surface area contributed by atoms with E-state index in [0.29, 0.717) is 6.07 Å². The molecule has 0 spiro atoms. The van der Waals surface area contributed by atoms with Gasteiger partial charge in [-0.2, -0.15) is 4.39 Å². The minimum Gasteiger partial charge on any atom is -0.447 e. The summed E-state index contributed by atoms with van der Waals surface area (Å²) >= 11 is 2.88. The summed E-state index contributed by atoms with van der Waals surface area (Å²) in [6.45, 7) is 0. The van der Waals surface area contributed by atoms with Crippen molar-refractivity contribution in [2.24, 2.45) is 0 Å². The molecule has 0 radical (unpaired) electrons. The monoisotopic (exact) mass is 347 g/mol. The molecule has 0 aromatic heterocycles. The van der Waals surface area contributed by atoms with Crippen LogP contribution in [0.3, 0.4) is 0 Å². The lowest BCUT2D eigenvalue weighted by atomic mass is 10.2. The van der Waals surface area contributed by atoms with Gasteiger partial charge in [0.2, 0.25) is 11.6 Å². The molecule has 0 bridgehead atoms. The highest BCUT2D eigenvalue weighted by Crippen LogP contribution is 2.36. The minimum absolute atomic E-state index is 0.0227. The Morgan fingerprint density at radius 2 is 1.75 bits per heavy atom. The number of halogens is 4. The molecule has 0 aliphatic rings. The van der Waals surface area contributed by atoms with E-state index in [0.717, 1.165) is 24.3 Å². The largest absolute Gasteiger partial charge is 0.447 e. The van der Waals surface area contributed by atoms with E-state index in [-0.39, 0.29) is 10.2 Å². The number of hydrogen-bond donors (Lipinski definition) is 0. The second-order valence-electron chi connectivity index (χ2n) is 3.64. The summed E-state index contributed by atoms with van der Waals surface area (Å²) in [7, 11) is 0. The van der Waals surface area contributed by atoms with Crippen molar-refractivity contribution in [2.75, 3.05) is 0 Å². The molecular weight excluding hydrogens is 343 g/mol. The number of benzene rings is 2. The van der Waals surface area contributed by atoms with Crippen LogP contribution in [0, 0.1) is 27.6 Å². The lowest BCUT2D eigenvalue weighted by molar-refractivity contribution is -0.385. The molecule has 0 amide bonds. The highest BCUT2D eigenvalue weighted by Gasteiger charge is 2.24. The molecule has 0 aliphatic heterocycles.